The summed E-state index contributed by atoms with van der Waals surface area (Å²) in [5.74, 6) is -0.291. The van der Waals surface area contributed by atoms with Crippen LogP contribution in [0.2, 0.25) is 0 Å². The Hall–Kier alpha value is -2.17. The van der Waals surface area contributed by atoms with Crippen molar-refractivity contribution in [1.29, 1.82) is 0 Å². The normalized spacial score (nSPS) is 21.2. The third-order valence-electron chi connectivity index (χ3n) is 5.05. The number of hydrogen-bond acceptors (Lipinski definition) is 3. The fourth-order valence-corrected chi connectivity index (χ4v) is 3.42. The molecule has 0 bridgehead atoms. The Balaban J connectivity index is 1.44. The summed E-state index contributed by atoms with van der Waals surface area (Å²) in [6.07, 6.45) is 8.69. The van der Waals surface area contributed by atoms with Crippen molar-refractivity contribution in [3.8, 4) is 0 Å². The number of rotatable bonds is 4. The van der Waals surface area contributed by atoms with Crippen molar-refractivity contribution in [1.82, 2.24) is 4.90 Å². The highest BCUT2D eigenvalue weighted by molar-refractivity contribution is 5.94. The van der Waals surface area contributed by atoms with Crippen LogP contribution in [0, 0.1) is 17.7 Å². The van der Waals surface area contributed by atoms with Crippen LogP contribution in [0.4, 0.5) is 4.39 Å². The van der Waals surface area contributed by atoms with Gasteiger partial charge in [0.15, 0.2) is 0 Å². The molecule has 0 saturated carbocycles. The molecule has 1 aliphatic heterocycles. The van der Waals surface area contributed by atoms with Crippen LogP contribution in [0.15, 0.2) is 36.4 Å². The van der Waals surface area contributed by atoms with Crippen LogP contribution >= 0.6 is 0 Å². The van der Waals surface area contributed by atoms with Gasteiger partial charge in [0.25, 0.3) is 5.91 Å². The van der Waals surface area contributed by atoms with Gasteiger partial charge < -0.3 is 9.64 Å². The van der Waals surface area contributed by atoms with Crippen molar-refractivity contribution in [2.45, 2.75) is 32.1 Å². The summed E-state index contributed by atoms with van der Waals surface area (Å²) in [5.41, 5.74) is 0.479. The molecule has 0 radical (unpaired) electrons. The van der Waals surface area contributed by atoms with Gasteiger partial charge >= 0.3 is 5.97 Å². The van der Waals surface area contributed by atoms with Crippen LogP contribution in [0.5, 0.6) is 0 Å². The van der Waals surface area contributed by atoms with E-state index in [0.29, 0.717) is 44.0 Å². The van der Waals surface area contributed by atoms with Gasteiger partial charge in [-0.05, 0) is 62.3 Å². The van der Waals surface area contributed by atoms with E-state index < -0.39 is 0 Å². The monoisotopic (exact) mass is 345 g/mol. The lowest BCUT2D eigenvalue weighted by atomic mass is 9.94. The number of ether oxygens (including phenoxy) is 1. The Kier molecular flexibility index (Phi) is 5.84. The van der Waals surface area contributed by atoms with Crippen LogP contribution < -0.4 is 0 Å². The summed E-state index contributed by atoms with van der Waals surface area (Å²) in [7, 11) is 0. The summed E-state index contributed by atoms with van der Waals surface area (Å²) in [4.78, 5) is 26.4. The number of carbonyl (C=O) groups excluding carboxylic acids is 2. The highest BCUT2D eigenvalue weighted by Gasteiger charge is 2.29. The van der Waals surface area contributed by atoms with Gasteiger partial charge in [-0.2, -0.15) is 0 Å². The number of likely N-dealkylation sites (tertiary alicyclic amines) is 1. The number of halogens is 1. The maximum absolute atomic E-state index is 13.0. The predicted molar refractivity (Wildman–Crippen MR) is 92.5 cm³/mol. The third kappa shape index (κ3) is 4.68. The van der Waals surface area contributed by atoms with Gasteiger partial charge in [-0.1, -0.05) is 12.2 Å². The van der Waals surface area contributed by atoms with Crippen molar-refractivity contribution in [2.24, 2.45) is 11.8 Å². The molecule has 0 N–H and O–H groups in total. The molecule has 0 spiro atoms. The summed E-state index contributed by atoms with van der Waals surface area (Å²) < 4.78 is 18.5. The van der Waals surface area contributed by atoms with E-state index in [-0.39, 0.29) is 23.6 Å². The van der Waals surface area contributed by atoms with E-state index in [1.165, 1.54) is 24.3 Å². The molecule has 1 fully saturated rings. The van der Waals surface area contributed by atoms with Crippen molar-refractivity contribution < 1.29 is 18.7 Å². The minimum atomic E-state index is -0.355. The van der Waals surface area contributed by atoms with Crippen LogP contribution in [-0.2, 0) is 9.53 Å². The average Bonchev–Trinajstić information content (AvgIpc) is 2.67. The zero-order valence-electron chi connectivity index (χ0n) is 14.3. The van der Waals surface area contributed by atoms with Crippen molar-refractivity contribution in [2.75, 3.05) is 19.7 Å². The van der Waals surface area contributed by atoms with E-state index in [4.69, 9.17) is 4.74 Å². The zero-order valence-corrected chi connectivity index (χ0v) is 14.3. The van der Waals surface area contributed by atoms with Crippen LogP contribution in [0.25, 0.3) is 0 Å². The van der Waals surface area contributed by atoms with Gasteiger partial charge in [0, 0.05) is 18.7 Å². The van der Waals surface area contributed by atoms with Crippen LogP contribution in [-0.4, -0.2) is 36.5 Å². The molecule has 1 saturated heterocycles. The first-order chi connectivity index (χ1) is 12.1. The van der Waals surface area contributed by atoms with Crippen molar-refractivity contribution in [3.63, 3.8) is 0 Å². The van der Waals surface area contributed by atoms with E-state index in [2.05, 4.69) is 12.2 Å². The SMILES string of the molecule is O=C(OCC1CC=CCC1)C1CCN(C(=O)c2ccc(F)cc2)CC1. The fraction of sp³-hybridized carbons (Fsp3) is 0.500. The Labute approximate surface area is 147 Å². The van der Waals surface area contributed by atoms with E-state index in [1.807, 2.05) is 0 Å². The lowest BCUT2D eigenvalue weighted by Crippen LogP contribution is -2.40. The van der Waals surface area contributed by atoms with Crippen LogP contribution in [0.3, 0.4) is 0 Å². The molecule has 25 heavy (non-hydrogen) atoms. The molecule has 1 aromatic carbocycles. The van der Waals surface area contributed by atoms with Gasteiger partial charge in [0.05, 0.1) is 12.5 Å². The third-order valence-corrected chi connectivity index (χ3v) is 5.05. The Morgan fingerprint density at radius 3 is 2.44 bits per heavy atom. The Morgan fingerprint density at radius 1 is 1.08 bits per heavy atom. The molecular weight excluding hydrogens is 321 g/mol. The molecule has 5 heteroatoms. The number of piperidine rings is 1. The number of benzene rings is 1. The summed E-state index contributed by atoms with van der Waals surface area (Å²) in [5, 5.41) is 0. The van der Waals surface area contributed by atoms with Crippen molar-refractivity contribution in [3.05, 3.63) is 47.8 Å². The first-order valence-corrected chi connectivity index (χ1v) is 9.00. The average molecular weight is 345 g/mol. The maximum Gasteiger partial charge on any atom is 0.309 e. The number of amides is 1. The van der Waals surface area contributed by atoms with Gasteiger partial charge in [0.1, 0.15) is 5.82 Å². The summed E-state index contributed by atoms with van der Waals surface area (Å²) >= 11 is 0. The fourth-order valence-electron chi connectivity index (χ4n) is 3.42. The molecule has 2 aliphatic rings. The standard InChI is InChI=1S/C20H24FNO3/c21-18-8-6-16(7-9-18)19(23)22-12-10-17(11-13-22)20(24)25-14-15-4-2-1-3-5-15/h1-2,6-9,15,17H,3-5,10-14H2. The second-order valence-corrected chi connectivity index (χ2v) is 6.85. The number of nitrogens with zero attached hydrogens (tertiary/aromatic N) is 1. The molecule has 4 nitrogen and oxygen atoms in total. The maximum atomic E-state index is 13.0. The summed E-state index contributed by atoms with van der Waals surface area (Å²) in [6.45, 7) is 1.56. The number of allylic oxidation sites excluding steroid dienone is 2. The topological polar surface area (TPSA) is 46.6 Å². The van der Waals surface area contributed by atoms with E-state index >= 15 is 0 Å². The second-order valence-electron chi connectivity index (χ2n) is 6.85. The highest BCUT2D eigenvalue weighted by Crippen LogP contribution is 2.23. The molecule has 1 atom stereocenters. The Bertz CT molecular complexity index is 633. The highest BCUT2D eigenvalue weighted by atomic mass is 19.1. The zero-order chi connectivity index (χ0) is 17.6. The quantitative estimate of drug-likeness (QED) is 0.619. The molecular formula is C20H24FNO3. The van der Waals surface area contributed by atoms with Crippen LogP contribution in [0.1, 0.15) is 42.5 Å². The molecule has 0 aromatic heterocycles. The Morgan fingerprint density at radius 2 is 1.80 bits per heavy atom. The first kappa shape index (κ1) is 17.6. The number of hydrogen-bond donors (Lipinski definition) is 0. The smallest absolute Gasteiger partial charge is 0.309 e. The lowest BCUT2D eigenvalue weighted by Gasteiger charge is -2.31. The van der Waals surface area contributed by atoms with Crippen molar-refractivity contribution >= 4 is 11.9 Å². The van der Waals surface area contributed by atoms with Gasteiger partial charge in [0.2, 0.25) is 0 Å². The molecule has 1 unspecified atom stereocenters. The molecule has 3 rings (SSSR count). The second kappa shape index (κ2) is 8.28. The minimum absolute atomic E-state index is 0.110. The van der Waals surface area contributed by atoms with Gasteiger partial charge in [-0.25, -0.2) is 4.39 Å². The van der Waals surface area contributed by atoms with Gasteiger partial charge in [-0.15, -0.1) is 0 Å². The molecule has 1 aromatic rings. The predicted octanol–water partition coefficient (Wildman–Crippen LogP) is 3.58. The van der Waals surface area contributed by atoms with E-state index in [1.54, 1.807) is 4.90 Å². The molecule has 134 valence electrons. The summed E-state index contributed by atoms with van der Waals surface area (Å²) in [6, 6.07) is 5.57. The largest absolute Gasteiger partial charge is 0.465 e. The van der Waals surface area contributed by atoms with E-state index in [0.717, 1.165) is 19.3 Å². The number of esters is 1. The molecule has 1 heterocycles. The lowest BCUT2D eigenvalue weighted by molar-refractivity contribution is -0.151. The van der Waals surface area contributed by atoms with E-state index in [9.17, 15) is 14.0 Å². The number of carbonyl (C=O) groups is 2. The first-order valence-electron chi connectivity index (χ1n) is 9.00. The minimum Gasteiger partial charge on any atom is -0.465 e. The molecule has 1 amide bonds. The molecule has 1 aliphatic carbocycles. The van der Waals surface area contributed by atoms with Gasteiger partial charge in [-0.3, -0.25) is 9.59 Å².